The van der Waals surface area contributed by atoms with Crippen molar-refractivity contribution < 1.29 is 14.3 Å². The van der Waals surface area contributed by atoms with E-state index in [0.717, 1.165) is 12.8 Å². The number of Topliss-reactive ketones (excluding diaryl/α,β-unsaturated/α-hetero) is 1. The van der Waals surface area contributed by atoms with Crippen LogP contribution in [0.1, 0.15) is 25.7 Å². The largest absolute Gasteiger partial charge is 0.465 e. The van der Waals surface area contributed by atoms with E-state index in [4.69, 9.17) is 4.74 Å². The van der Waals surface area contributed by atoms with E-state index in [1.165, 1.54) is 0 Å². The third-order valence-electron chi connectivity index (χ3n) is 2.81. The molecule has 0 N–H and O–H groups in total. The minimum Gasteiger partial charge on any atom is -0.465 e. The van der Waals surface area contributed by atoms with Gasteiger partial charge in [0, 0.05) is 12.3 Å². The lowest BCUT2D eigenvalue weighted by atomic mass is 9.80. The molecule has 2 bridgehead atoms. The van der Waals surface area contributed by atoms with Crippen LogP contribution in [0.15, 0.2) is 0 Å². The molecule has 0 spiro atoms. The van der Waals surface area contributed by atoms with Gasteiger partial charge in [-0.05, 0) is 19.3 Å². The highest BCUT2D eigenvalue weighted by molar-refractivity contribution is 5.85. The van der Waals surface area contributed by atoms with Crippen LogP contribution in [0.3, 0.4) is 0 Å². The highest BCUT2D eigenvalue weighted by Crippen LogP contribution is 2.31. The number of fused-ring (bicyclic) bond motifs is 2. The van der Waals surface area contributed by atoms with Crippen LogP contribution < -0.4 is 0 Å². The lowest BCUT2D eigenvalue weighted by Gasteiger charge is -2.21. The molecule has 0 aromatic carbocycles. The molecule has 2 rings (SSSR count). The van der Waals surface area contributed by atoms with Gasteiger partial charge in [-0.1, -0.05) is 0 Å². The van der Waals surface area contributed by atoms with Crippen molar-refractivity contribution in [2.75, 3.05) is 6.61 Å². The molecule has 0 aromatic heterocycles. The van der Waals surface area contributed by atoms with Crippen LogP contribution in [-0.4, -0.2) is 18.4 Å². The summed E-state index contributed by atoms with van der Waals surface area (Å²) in [5.41, 5.74) is 0. The van der Waals surface area contributed by atoms with Crippen LogP contribution in [0.2, 0.25) is 0 Å². The molecule has 1 aliphatic heterocycles. The fourth-order valence-corrected chi connectivity index (χ4v) is 2.03. The first-order valence-electron chi connectivity index (χ1n) is 4.46. The number of cyclic esters (lactones) is 1. The van der Waals surface area contributed by atoms with Crippen molar-refractivity contribution in [2.45, 2.75) is 25.7 Å². The fraction of sp³-hybridized carbons (Fsp3) is 0.778. The number of ketones is 1. The number of ether oxygens (including phenoxy) is 1. The molecule has 3 heteroatoms. The maximum absolute atomic E-state index is 11.3. The number of carbonyl (C=O) groups is 2. The molecule has 12 heavy (non-hydrogen) atoms. The minimum atomic E-state index is -0.0926. The van der Waals surface area contributed by atoms with Crippen LogP contribution in [0, 0.1) is 11.8 Å². The van der Waals surface area contributed by atoms with Gasteiger partial charge < -0.3 is 4.74 Å². The van der Waals surface area contributed by atoms with E-state index in [1.807, 2.05) is 0 Å². The quantitative estimate of drug-likeness (QED) is 0.505. The molecule has 1 heterocycles. The zero-order valence-electron chi connectivity index (χ0n) is 6.91. The first-order valence-corrected chi connectivity index (χ1v) is 4.46. The Morgan fingerprint density at radius 1 is 1.17 bits per heavy atom. The summed E-state index contributed by atoms with van der Waals surface area (Å²) in [5.74, 6) is 0.347. The minimum absolute atomic E-state index is 0.00944. The molecule has 3 nitrogen and oxygen atoms in total. The Bertz CT molecular complexity index is 222. The third kappa shape index (κ3) is 1.24. The second kappa shape index (κ2) is 2.88. The van der Waals surface area contributed by atoms with Gasteiger partial charge in [0.25, 0.3) is 0 Å². The third-order valence-corrected chi connectivity index (χ3v) is 2.81. The van der Waals surface area contributed by atoms with Gasteiger partial charge in [0.2, 0.25) is 0 Å². The summed E-state index contributed by atoms with van der Waals surface area (Å²) in [7, 11) is 0. The monoisotopic (exact) mass is 168 g/mol. The molecular formula is C9H12O3. The van der Waals surface area contributed by atoms with Gasteiger partial charge in [-0.3, -0.25) is 9.59 Å². The van der Waals surface area contributed by atoms with Gasteiger partial charge in [0.05, 0.1) is 12.5 Å². The lowest BCUT2D eigenvalue weighted by molar-refractivity contribution is -0.147. The van der Waals surface area contributed by atoms with Gasteiger partial charge in [0.15, 0.2) is 0 Å². The summed E-state index contributed by atoms with van der Waals surface area (Å²) in [6, 6.07) is 0. The van der Waals surface area contributed by atoms with Gasteiger partial charge in [-0.2, -0.15) is 0 Å². The van der Waals surface area contributed by atoms with Crippen molar-refractivity contribution in [3.8, 4) is 0 Å². The van der Waals surface area contributed by atoms with E-state index in [1.54, 1.807) is 0 Å². The van der Waals surface area contributed by atoms with Crippen LogP contribution in [0.25, 0.3) is 0 Å². The summed E-state index contributed by atoms with van der Waals surface area (Å²) >= 11 is 0. The zero-order valence-corrected chi connectivity index (χ0v) is 6.91. The van der Waals surface area contributed by atoms with Crippen molar-refractivity contribution in [2.24, 2.45) is 11.8 Å². The molecule has 0 aromatic rings. The van der Waals surface area contributed by atoms with E-state index in [0.29, 0.717) is 25.2 Å². The summed E-state index contributed by atoms with van der Waals surface area (Å²) in [5, 5.41) is 0. The maximum atomic E-state index is 11.3. The molecular weight excluding hydrogens is 156 g/mol. The summed E-state index contributed by atoms with van der Waals surface area (Å²) in [6.45, 7) is 0.436. The Balaban J connectivity index is 2.15. The first kappa shape index (κ1) is 7.77. The van der Waals surface area contributed by atoms with E-state index in [2.05, 4.69) is 0 Å². The average Bonchev–Trinajstić information content (AvgIpc) is 2.21. The molecule has 2 unspecified atom stereocenters. The number of hydrogen-bond acceptors (Lipinski definition) is 3. The Labute approximate surface area is 71.1 Å². The molecule has 2 atom stereocenters. The number of carbonyl (C=O) groups excluding carboxylic acids is 2. The molecule has 1 saturated carbocycles. The van der Waals surface area contributed by atoms with Gasteiger partial charge in [0.1, 0.15) is 5.78 Å². The Morgan fingerprint density at radius 2 is 2.00 bits per heavy atom. The molecule has 0 amide bonds. The van der Waals surface area contributed by atoms with Crippen molar-refractivity contribution in [3.63, 3.8) is 0 Å². The molecule has 2 fully saturated rings. The van der Waals surface area contributed by atoms with Gasteiger partial charge in [-0.15, -0.1) is 0 Å². The predicted octanol–water partition coefficient (Wildman–Crippen LogP) is 0.919. The van der Waals surface area contributed by atoms with Gasteiger partial charge >= 0.3 is 5.97 Å². The standard InChI is InChI=1S/C9H12O3/c10-8-2-1-7-5-6(8)3-4-12-9(7)11/h6-7H,1-5H2. The van der Waals surface area contributed by atoms with E-state index >= 15 is 0 Å². The molecule has 66 valence electrons. The van der Waals surface area contributed by atoms with Crippen molar-refractivity contribution in [1.82, 2.24) is 0 Å². The highest BCUT2D eigenvalue weighted by Gasteiger charge is 2.35. The van der Waals surface area contributed by atoms with E-state index in [-0.39, 0.29) is 17.8 Å². The topological polar surface area (TPSA) is 43.4 Å². The molecule has 2 aliphatic rings. The molecule has 1 saturated heterocycles. The molecule has 1 aliphatic carbocycles. The second-order valence-corrected chi connectivity index (χ2v) is 3.59. The summed E-state index contributed by atoms with van der Waals surface area (Å²) in [4.78, 5) is 22.5. The Kier molecular flexibility index (Phi) is 1.87. The lowest BCUT2D eigenvalue weighted by Crippen LogP contribution is -2.26. The SMILES string of the molecule is O=C1CCC2CC1CCOC2=O. The smallest absolute Gasteiger partial charge is 0.308 e. The zero-order chi connectivity index (χ0) is 8.55. The normalized spacial score (nSPS) is 35.7. The number of rotatable bonds is 0. The van der Waals surface area contributed by atoms with Crippen molar-refractivity contribution >= 4 is 11.8 Å². The maximum Gasteiger partial charge on any atom is 0.308 e. The predicted molar refractivity (Wildman–Crippen MR) is 41.4 cm³/mol. The van der Waals surface area contributed by atoms with Gasteiger partial charge in [-0.25, -0.2) is 0 Å². The highest BCUT2D eigenvalue weighted by atomic mass is 16.5. The van der Waals surface area contributed by atoms with Crippen LogP contribution >= 0.6 is 0 Å². The van der Waals surface area contributed by atoms with Crippen molar-refractivity contribution in [3.05, 3.63) is 0 Å². The van der Waals surface area contributed by atoms with Crippen LogP contribution in [0.4, 0.5) is 0 Å². The fourth-order valence-electron chi connectivity index (χ4n) is 2.03. The average molecular weight is 168 g/mol. The van der Waals surface area contributed by atoms with E-state index in [9.17, 15) is 9.59 Å². The molecule has 0 radical (unpaired) electrons. The number of hydrogen-bond donors (Lipinski definition) is 0. The Hall–Kier alpha value is -0.860. The summed E-state index contributed by atoms with van der Waals surface area (Å²) in [6.07, 6.45) is 2.75. The second-order valence-electron chi connectivity index (χ2n) is 3.59. The van der Waals surface area contributed by atoms with Crippen LogP contribution in [-0.2, 0) is 14.3 Å². The van der Waals surface area contributed by atoms with Crippen LogP contribution in [0.5, 0.6) is 0 Å². The van der Waals surface area contributed by atoms with E-state index < -0.39 is 0 Å². The Morgan fingerprint density at radius 3 is 2.83 bits per heavy atom. The first-order chi connectivity index (χ1) is 5.77. The summed E-state index contributed by atoms with van der Waals surface area (Å²) < 4.78 is 4.97. The van der Waals surface area contributed by atoms with Crippen molar-refractivity contribution in [1.29, 1.82) is 0 Å². The number of esters is 1.